The number of likely N-dealkylation sites (N-methyl/N-ethyl adjacent to an activating group) is 1. The molecule has 1 unspecified atom stereocenters. The molecular weight excluding hydrogens is 234 g/mol. The molecule has 1 amide bonds. The van der Waals surface area contributed by atoms with Gasteiger partial charge in [0.2, 0.25) is 5.91 Å². The van der Waals surface area contributed by atoms with Crippen molar-refractivity contribution in [1.29, 1.82) is 0 Å². The highest BCUT2D eigenvalue weighted by molar-refractivity contribution is 7.10. The number of hydrogen-bond acceptors (Lipinski definition) is 4. The van der Waals surface area contributed by atoms with Gasteiger partial charge in [-0.3, -0.25) is 4.79 Å². The number of nitrogens with zero attached hydrogens (tertiary/aromatic N) is 1. The van der Waals surface area contributed by atoms with Crippen molar-refractivity contribution in [2.24, 2.45) is 5.73 Å². The van der Waals surface area contributed by atoms with Crippen molar-refractivity contribution in [2.45, 2.75) is 24.9 Å². The van der Waals surface area contributed by atoms with Crippen LogP contribution in [0, 0.1) is 0 Å². The third-order valence-electron chi connectivity index (χ3n) is 3.07. The van der Waals surface area contributed by atoms with Crippen molar-refractivity contribution in [3.63, 3.8) is 0 Å². The van der Waals surface area contributed by atoms with E-state index in [0.717, 1.165) is 17.5 Å². The first kappa shape index (κ1) is 12.5. The average molecular weight is 253 g/mol. The van der Waals surface area contributed by atoms with Crippen LogP contribution in [0.2, 0.25) is 0 Å². The minimum Gasteiger partial charge on any atom is -0.353 e. The number of nitrogens with two attached hydrogens (primary N) is 1. The summed E-state index contributed by atoms with van der Waals surface area (Å²) in [6.07, 6.45) is 2.58. The maximum atomic E-state index is 11.8. The molecule has 0 aliphatic heterocycles. The van der Waals surface area contributed by atoms with Crippen LogP contribution in [0.25, 0.3) is 0 Å². The summed E-state index contributed by atoms with van der Waals surface area (Å²) in [7, 11) is 2.10. The molecule has 0 radical (unpaired) electrons. The maximum absolute atomic E-state index is 11.8. The molecule has 1 aliphatic carbocycles. The van der Waals surface area contributed by atoms with E-state index in [4.69, 9.17) is 5.73 Å². The summed E-state index contributed by atoms with van der Waals surface area (Å²) < 4.78 is 0. The van der Waals surface area contributed by atoms with Gasteiger partial charge < -0.3 is 16.0 Å². The lowest BCUT2D eigenvalue weighted by atomic mass is 10.2. The second kappa shape index (κ2) is 5.62. The Morgan fingerprint density at radius 2 is 2.47 bits per heavy atom. The largest absolute Gasteiger partial charge is 0.353 e. The van der Waals surface area contributed by atoms with Crippen molar-refractivity contribution >= 4 is 17.2 Å². The van der Waals surface area contributed by atoms with Crippen LogP contribution in [0.5, 0.6) is 0 Å². The molecule has 1 heterocycles. The number of thiophene rings is 1. The van der Waals surface area contributed by atoms with E-state index in [1.807, 2.05) is 17.5 Å². The molecule has 5 heteroatoms. The van der Waals surface area contributed by atoms with E-state index in [0.29, 0.717) is 6.54 Å². The maximum Gasteiger partial charge on any atom is 0.242 e. The molecule has 0 bridgehead atoms. The summed E-state index contributed by atoms with van der Waals surface area (Å²) in [6, 6.07) is 4.01. The van der Waals surface area contributed by atoms with Gasteiger partial charge in [-0.15, -0.1) is 11.3 Å². The number of amides is 1. The zero-order valence-electron chi connectivity index (χ0n) is 10.1. The summed E-state index contributed by atoms with van der Waals surface area (Å²) in [5.74, 6) is -0.0864. The highest BCUT2D eigenvalue weighted by Gasteiger charge is 2.25. The van der Waals surface area contributed by atoms with Gasteiger partial charge in [-0.05, 0) is 31.3 Å². The van der Waals surface area contributed by atoms with Crippen molar-refractivity contribution in [3.05, 3.63) is 22.4 Å². The van der Waals surface area contributed by atoms with Gasteiger partial charge in [-0.25, -0.2) is 0 Å². The predicted molar refractivity (Wildman–Crippen MR) is 69.9 cm³/mol. The van der Waals surface area contributed by atoms with Crippen molar-refractivity contribution in [3.8, 4) is 0 Å². The molecule has 3 N–H and O–H groups in total. The van der Waals surface area contributed by atoms with Gasteiger partial charge in [0.15, 0.2) is 0 Å². The molecule has 1 atom stereocenters. The Morgan fingerprint density at radius 1 is 1.71 bits per heavy atom. The second-order valence-corrected chi connectivity index (χ2v) is 5.48. The number of carbonyl (C=O) groups excluding carboxylic acids is 1. The number of carbonyl (C=O) groups is 1. The molecule has 1 saturated carbocycles. The Balaban J connectivity index is 1.69. The van der Waals surface area contributed by atoms with Crippen LogP contribution < -0.4 is 11.1 Å². The van der Waals surface area contributed by atoms with Gasteiger partial charge in [0.05, 0.1) is 0 Å². The smallest absolute Gasteiger partial charge is 0.242 e. The minimum atomic E-state index is -0.527. The molecule has 0 saturated heterocycles. The summed E-state index contributed by atoms with van der Waals surface area (Å²) >= 11 is 1.52. The lowest BCUT2D eigenvalue weighted by molar-refractivity contribution is -0.122. The zero-order chi connectivity index (χ0) is 12.3. The fourth-order valence-corrected chi connectivity index (χ4v) is 2.49. The highest BCUT2D eigenvalue weighted by atomic mass is 32.1. The van der Waals surface area contributed by atoms with Crippen LogP contribution in [-0.4, -0.2) is 37.0 Å². The van der Waals surface area contributed by atoms with Crippen LogP contribution >= 0.6 is 11.3 Å². The molecule has 1 fully saturated rings. The fraction of sp³-hybridized carbons (Fsp3) is 0.583. The van der Waals surface area contributed by atoms with Gasteiger partial charge in [-0.1, -0.05) is 6.07 Å². The van der Waals surface area contributed by atoms with Gasteiger partial charge in [-0.2, -0.15) is 0 Å². The molecular formula is C12H19N3OS. The van der Waals surface area contributed by atoms with Crippen LogP contribution in [0.15, 0.2) is 17.5 Å². The minimum absolute atomic E-state index is 0.0864. The van der Waals surface area contributed by atoms with Crippen molar-refractivity contribution in [2.75, 3.05) is 20.1 Å². The molecule has 1 aromatic heterocycles. The van der Waals surface area contributed by atoms with Crippen LogP contribution in [-0.2, 0) is 4.79 Å². The Labute approximate surface area is 106 Å². The van der Waals surface area contributed by atoms with Crippen molar-refractivity contribution < 1.29 is 4.79 Å². The third-order valence-corrected chi connectivity index (χ3v) is 4.02. The molecule has 1 aliphatic rings. The van der Waals surface area contributed by atoms with Crippen molar-refractivity contribution in [1.82, 2.24) is 10.2 Å². The van der Waals surface area contributed by atoms with Gasteiger partial charge in [0, 0.05) is 24.0 Å². The first-order chi connectivity index (χ1) is 8.18. The van der Waals surface area contributed by atoms with Gasteiger partial charge in [0.25, 0.3) is 0 Å². The molecule has 94 valence electrons. The third kappa shape index (κ3) is 3.52. The summed E-state index contributed by atoms with van der Waals surface area (Å²) in [6.45, 7) is 1.57. The van der Waals surface area contributed by atoms with E-state index in [9.17, 15) is 4.79 Å². The fourth-order valence-electron chi connectivity index (χ4n) is 1.76. The molecule has 2 rings (SSSR count). The quantitative estimate of drug-likeness (QED) is 0.794. The molecule has 1 aromatic rings. The Bertz CT molecular complexity index is 362. The predicted octanol–water partition coefficient (Wildman–Crippen LogP) is 0.958. The molecule has 17 heavy (non-hydrogen) atoms. The topological polar surface area (TPSA) is 58.4 Å². The molecule has 0 spiro atoms. The Morgan fingerprint density at radius 3 is 3.06 bits per heavy atom. The van der Waals surface area contributed by atoms with E-state index >= 15 is 0 Å². The van der Waals surface area contributed by atoms with E-state index in [2.05, 4.69) is 17.3 Å². The first-order valence-corrected chi connectivity index (χ1v) is 6.83. The normalized spacial score (nSPS) is 17.1. The zero-order valence-corrected chi connectivity index (χ0v) is 10.9. The van der Waals surface area contributed by atoms with Gasteiger partial charge >= 0.3 is 0 Å². The highest BCUT2D eigenvalue weighted by Crippen LogP contribution is 2.24. The standard InChI is InChI=1S/C12H19N3OS/c1-15(9-4-5-9)7-6-14-12(16)11(13)10-3-2-8-17-10/h2-3,8-9,11H,4-7,13H2,1H3,(H,14,16). The number of hydrogen-bond donors (Lipinski definition) is 2. The van der Waals surface area contributed by atoms with E-state index in [1.165, 1.54) is 24.2 Å². The summed E-state index contributed by atoms with van der Waals surface area (Å²) in [5, 5.41) is 4.82. The lowest BCUT2D eigenvalue weighted by Gasteiger charge is -2.17. The second-order valence-electron chi connectivity index (χ2n) is 4.50. The number of rotatable bonds is 6. The summed E-state index contributed by atoms with van der Waals surface area (Å²) in [5.41, 5.74) is 5.86. The molecule has 4 nitrogen and oxygen atoms in total. The van der Waals surface area contributed by atoms with Gasteiger partial charge in [0.1, 0.15) is 6.04 Å². The lowest BCUT2D eigenvalue weighted by Crippen LogP contribution is -2.38. The summed E-state index contributed by atoms with van der Waals surface area (Å²) in [4.78, 5) is 15.0. The Hall–Kier alpha value is -0.910. The first-order valence-electron chi connectivity index (χ1n) is 5.95. The average Bonchev–Trinajstić information content (AvgIpc) is 3.03. The van der Waals surface area contributed by atoms with E-state index in [-0.39, 0.29) is 5.91 Å². The van der Waals surface area contributed by atoms with E-state index < -0.39 is 6.04 Å². The van der Waals surface area contributed by atoms with E-state index in [1.54, 1.807) is 0 Å². The van der Waals surface area contributed by atoms with Crippen LogP contribution in [0.1, 0.15) is 23.8 Å². The molecule has 0 aromatic carbocycles. The monoisotopic (exact) mass is 253 g/mol. The van der Waals surface area contributed by atoms with Crippen LogP contribution in [0.3, 0.4) is 0 Å². The Kier molecular flexibility index (Phi) is 4.15. The SMILES string of the molecule is CN(CCNC(=O)C(N)c1cccs1)C1CC1. The van der Waals surface area contributed by atoms with Crippen LogP contribution in [0.4, 0.5) is 0 Å². The number of nitrogens with one attached hydrogen (secondary N) is 1.